The average molecular weight is 224 g/mol. The van der Waals surface area contributed by atoms with Gasteiger partial charge in [0, 0.05) is 28.9 Å². The van der Waals surface area contributed by atoms with Crippen LogP contribution >= 0.6 is 11.3 Å². The third-order valence-electron chi connectivity index (χ3n) is 3.08. The molecule has 0 amide bonds. The van der Waals surface area contributed by atoms with Crippen molar-refractivity contribution in [2.24, 2.45) is 0 Å². The Labute approximate surface area is 96.1 Å². The van der Waals surface area contributed by atoms with Gasteiger partial charge in [0.25, 0.3) is 0 Å². The maximum absolute atomic E-state index is 3.63. The Balaban J connectivity index is 1.81. The lowest BCUT2D eigenvalue weighted by Gasteiger charge is -2.23. The third kappa shape index (κ3) is 3.03. The van der Waals surface area contributed by atoms with E-state index in [2.05, 4.69) is 30.5 Å². The molecule has 1 unspecified atom stereocenters. The van der Waals surface area contributed by atoms with Crippen LogP contribution in [0.2, 0.25) is 0 Å². The summed E-state index contributed by atoms with van der Waals surface area (Å²) in [5, 5.41) is 7.05. The van der Waals surface area contributed by atoms with Gasteiger partial charge >= 0.3 is 0 Å². The minimum atomic E-state index is 0.668. The van der Waals surface area contributed by atoms with E-state index in [0.717, 1.165) is 13.1 Å². The summed E-state index contributed by atoms with van der Waals surface area (Å²) in [5.74, 6) is 0. The van der Waals surface area contributed by atoms with Gasteiger partial charge in [-0.3, -0.25) is 0 Å². The van der Waals surface area contributed by atoms with Crippen LogP contribution in [0.3, 0.4) is 0 Å². The highest BCUT2D eigenvalue weighted by atomic mass is 32.1. The number of hydrogen-bond acceptors (Lipinski definition) is 3. The molecule has 0 aliphatic carbocycles. The number of nitrogens with one attached hydrogen (secondary N) is 2. The van der Waals surface area contributed by atoms with Crippen molar-refractivity contribution >= 4 is 11.3 Å². The van der Waals surface area contributed by atoms with Crippen LogP contribution in [-0.4, -0.2) is 19.1 Å². The Hall–Kier alpha value is -0.380. The molecule has 15 heavy (non-hydrogen) atoms. The summed E-state index contributed by atoms with van der Waals surface area (Å²) in [6.07, 6.45) is 2.62. The van der Waals surface area contributed by atoms with Crippen LogP contribution in [0.4, 0.5) is 0 Å². The van der Waals surface area contributed by atoms with Crippen molar-refractivity contribution in [1.29, 1.82) is 0 Å². The SMILES string of the molecule is Cc1cc(CNC2CCCNC2)sc1C. The number of piperidine rings is 1. The van der Waals surface area contributed by atoms with Crippen LogP contribution in [0, 0.1) is 13.8 Å². The summed E-state index contributed by atoms with van der Waals surface area (Å²) in [4.78, 5) is 2.92. The van der Waals surface area contributed by atoms with E-state index >= 15 is 0 Å². The first kappa shape index (κ1) is 11.1. The van der Waals surface area contributed by atoms with E-state index < -0.39 is 0 Å². The molecular weight excluding hydrogens is 204 g/mol. The zero-order valence-electron chi connectivity index (χ0n) is 9.60. The van der Waals surface area contributed by atoms with E-state index in [0.29, 0.717) is 6.04 Å². The second-order valence-electron chi connectivity index (χ2n) is 4.38. The largest absolute Gasteiger partial charge is 0.315 e. The smallest absolute Gasteiger partial charge is 0.0303 e. The lowest BCUT2D eigenvalue weighted by molar-refractivity contribution is 0.390. The van der Waals surface area contributed by atoms with Crippen molar-refractivity contribution in [3.63, 3.8) is 0 Å². The zero-order chi connectivity index (χ0) is 10.7. The topological polar surface area (TPSA) is 24.1 Å². The molecule has 0 saturated carbocycles. The molecule has 0 aromatic carbocycles. The molecule has 1 saturated heterocycles. The van der Waals surface area contributed by atoms with Crippen molar-refractivity contribution in [2.45, 2.75) is 39.3 Å². The second-order valence-corrected chi connectivity index (χ2v) is 5.72. The van der Waals surface area contributed by atoms with Gasteiger partial charge < -0.3 is 10.6 Å². The summed E-state index contributed by atoms with van der Waals surface area (Å²) in [5.41, 5.74) is 1.43. The Morgan fingerprint density at radius 3 is 3.00 bits per heavy atom. The van der Waals surface area contributed by atoms with E-state index in [1.54, 1.807) is 0 Å². The van der Waals surface area contributed by atoms with Crippen LogP contribution in [0.1, 0.15) is 28.2 Å². The Bertz CT molecular complexity index is 294. The highest BCUT2D eigenvalue weighted by molar-refractivity contribution is 7.12. The second kappa shape index (κ2) is 5.10. The van der Waals surface area contributed by atoms with Crippen molar-refractivity contribution < 1.29 is 0 Å². The molecule has 1 aromatic heterocycles. The summed E-state index contributed by atoms with van der Waals surface area (Å²) < 4.78 is 0. The van der Waals surface area contributed by atoms with Gasteiger partial charge in [0.15, 0.2) is 0 Å². The van der Waals surface area contributed by atoms with Crippen LogP contribution in [0.15, 0.2) is 6.07 Å². The summed E-state index contributed by atoms with van der Waals surface area (Å²) in [6, 6.07) is 2.98. The van der Waals surface area contributed by atoms with E-state index in [-0.39, 0.29) is 0 Å². The molecule has 2 heterocycles. The quantitative estimate of drug-likeness (QED) is 0.822. The van der Waals surface area contributed by atoms with E-state index in [9.17, 15) is 0 Å². The lowest BCUT2D eigenvalue weighted by Crippen LogP contribution is -2.42. The van der Waals surface area contributed by atoms with Gasteiger partial charge in [-0.15, -0.1) is 11.3 Å². The Kier molecular flexibility index (Phi) is 3.78. The minimum absolute atomic E-state index is 0.668. The summed E-state index contributed by atoms with van der Waals surface area (Å²) in [6.45, 7) is 7.74. The van der Waals surface area contributed by atoms with Crippen LogP contribution < -0.4 is 10.6 Å². The molecule has 84 valence electrons. The molecule has 1 aromatic rings. The fourth-order valence-corrected chi connectivity index (χ4v) is 3.01. The highest BCUT2D eigenvalue weighted by Crippen LogP contribution is 2.20. The fraction of sp³-hybridized carbons (Fsp3) is 0.667. The Morgan fingerprint density at radius 2 is 2.40 bits per heavy atom. The van der Waals surface area contributed by atoms with Crippen LogP contribution in [0.25, 0.3) is 0 Å². The number of aryl methyl sites for hydroxylation is 2. The average Bonchev–Trinajstić information content (AvgIpc) is 2.57. The van der Waals surface area contributed by atoms with Crippen LogP contribution in [-0.2, 0) is 6.54 Å². The normalized spacial score (nSPS) is 21.9. The number of rotatable bonds is 3. The molecule has 1 fully saturated rings. The molecule has 0 spiro atoms. The lowest BCUT2D eigenvalue weighted by atomic mass is 10.1. The van der Waals surface area contributed by atoms with Gasteiger partial charge in [0.2, 0.25) is 0 Å². The molecule has 0 radical (unpaired) electrons. The molecule has 2 rings (SSSR count). The van der Waals surface area contributed by atoms with Crippen molar-refractivity contribution in [2.75, 3.05) is 13.1 Å². The summed E-state index contributed by atoms with van der Waals surface area (Å²) in [7, 11) is 0. The van der Waals surface area contributed by atoms with Gasteiger partial charge in [-0.05, 0) is 44.9 Å². The van der Waals surface area contributed by atoms with Crippen LogP contribution in [0.5, 0.6) is 0 Å². The predicted molar refractivity (Wildman–Crippen MR) is 66.5 cm³/mol. The molecular formula is C12H20N2S. The molecule has 1 aliphatic heterocycles. The van der Waals surface area contributed by atoms with E-state index in [4.69, 9.17) is 0 Å². The third-order valence-corrected chi connectivity index (χ3v) is 4.23. The van der Waals surface area contributed by atoms with Gasteiger partial charge in [-0.1, -0.05) is 0 Å². The Morgan fingerprint density at radius 1 is 1.53 bits per heavy atom. The predicted octanol–water partition coefficient (Wildman–Crippen LogP) is 2.21. The molecule has 1 atom stereocenters. The van der Waals surface area contributed by atoms with Gasteiger partial charge in [-0.2, -0.15) is 0 Å². The minimum Gasteiger partial charge on any atom is -0.315 e. The monoisotopic (exact) mass is 224 g/mol. The standard InChI is InChI=1S/C12H20N2S/c1-9-6-12(15-10(9)2)8-14-11-4-3-5-13-7-11/h6,11,13-14H,3-5,7-8H2,1-2H3. The molecule has 1 aliphatic rings. The number of thiophene rings is 1. The fourth-order valence-electron chi connectivity index (χ4n) is 2.01. The molecule has 2 N–H and O–H groups in total. The molecule has 0 bridgehead atoms. The first-order chi connectivity index (χ1) is 7.25. The zero-order valence-corrected chi connectivity index (χ0v) is 10.4. The van der Waals surface area contributed by atoms with Gasteiger partial charge in [0.1, 0.15) is 0 Å². The summed E-state index contributed by atoms with van der Waals surface area (Å²) >= 11 is 1.92. The first-order valence-electron chi connectivity index (χ1n) is 5.75. The number of hydrogen-bond donors (Lipinski definition) is 2. The van der Waals surface area contributed by atoms with E-state index in [1.165, 1.54) is 34.7 Å². The van der Waals surface area contributed by atoms with Crippen molar-refractivity contribution in [3.05, 3.63) is 21.4 Å². The van der Waals surface area contributed by atoms with Gasteiger partial charge in [-0.25, -0.2) is 0 Å². The maximum atomic E-state index is 3.63. The maximum Gasteiger partial charge on any atom is 0.0303 e. The first-order valence-corrected chi connectivity index (χ1v) is 6.57. The molecule has 2 nitrogen and oxygen atoms in total. The highest BCUT2D eigenvalue weighted by Gasteiger charge is 2.12. The molecule has 3 heteroatoms. The van der Waals surface area contributed by atoms with Crippen molar-refractivity contribution in [3.8, 4) is 0 Å². The van der Waals surface area contributed by atoms with Gasteiger partial charge in [0.05, 0.1) is 0 Å². The van der Waals surface area contributed by atoms with E-state index in [1.807, 2.05) is 11.3 Å². The van der Waals surface area contributed by atoms with Crippen molar-refractivity contribution in [1.82, 2.24) is 10.6 Å².